The lowest BCUT2D eigenvalue weighted by atomic mass is 10.2. The minimum absolute atomic E-state index is 0.0841. The fraction of sp³-hybridized carbons (Fsp3) is 0.467. The molecule has 0 fully saturated rings. The second-order valence-corrected chi connectivity index (χ2v) is 11.0. The van der Waals surface area contributed by atoms with Gasteiger partial charge in [0.2, 0.25) is 11.9 Å². The van der Waals surface area contributed by atoms with Crippen molar-refractivity contribution in [3.63, 3.8) is 0 Å². The minimum Gasteiger partial charge on any atom is -0.459 e. The first-order chi connectivity index (χ1) is 19.9. The summed E-state index contributed by atoms with van der Waals surface area (Å²) in [6.45, 7) is 13.9. The van der Waals surface area contributed by atoms with E-state index in [-0.39, 0.29) is 37.4 Å². The highest BCUT2D eigenvalue weighted by atomic mass is 16.6. The smallest absolute Gasteiger partial charge is 0.413 e. The second kappa shape index (κ2) is 14.9. The zero-order chi connectivity index (χ0) is 30.7. The summed E-state index contributed by atoms with van der Waals surface area (Å²) in [6, 6.07) is 9.31. The van der Waals surface area contributed by atoms with Gasteiger partial charge in [0.05, 0.1) is 6.33 Å². The van der Waals surface area contributed by atoms with Crippen LogP contribution in [0.15, 0.2) is 48.8 Å². The Labute approximate surface area is 246 Å². The van der Waals surface area contributed by atoms with Crippen molar-refractivity contribution in [1.82, 2.24) is 24.4 Å². The summed E-state index contributed by atoms with van der Waals surface area (Å²) < 4.78 is 12.3. The summed E-state index contributed by atoms with van der Waals surface area (Å²) >= 11 is 0. The molecule has 2 aromatic heterocycles. The number of rotatable bonds is 14. The summed E-state index contributed by atoms with van der Waals surface area (Å²) in [6.07, 6.45) is 3.07. The quantitative estimate of drug-likeness (QED) is 0.155. The van der Waals surface area contributed by atoms with Gasteiger partial charge in [0.25, 0.3) is 0 Å². The summed E-state index contributed by atoms with van der Waals surface area (Å²) in [5, 5.41) is 5.83. The molecular weight excluding hydrogens is 538 g/mol. The molecule has 12 nitrogen and oxygen atoms in total. The molecule has 226 valence electrons. The van der Waals surface area contributed by atoms with Gasteiger partial charge in [-0.15, -0.1) is 6.58 Å². The van der Waals surface area contributed by atoms with Crippen LogP contribution in [-0.4, -0.2) is 67.6 Å². The molecule has 3 aromatic rings. The molecule has 0 spiro atoms. The first-order valence-corrected chi connectivity index (χ1v) is 14.0. The van der Waals surface area contributed by atoms with Crippen LogP contribution < -0.4 is 10.6 Å². The van der Waals surface area contributed by atoms with E-state index in [4.69, 9.17) is 9.47 Å². The first-order valence-electron chi connectivity index (χ1n) is 14.0. The lowest BCUT2D eigenvalue weighted by Crippen LogP contribution is -2.40. The van der Waals surface area contributed by atoms with Crippen molar-refractivity contribution in [2.75, 3.05) is 30.3 Å². The van der Waals surface area contributed by atoms with Crippen molar-refractivity contribution < 1.29 is 23.9 Å². The summed E-state index contributed by atoms with van der Waals surface area (Å²) in [5.74, 6) is -0.376. The summed E-state index contributed by atoms with van der Waals surface area (Å²) in [4.78, 5) is 53.3. The molecule has 0 atom stereocenters. The molecule has 42 heavy (non-hydrogen) atoms. The Bertz CT molecular complexity index is 1380. The van der Waals surface area contributed by atoms with Crippen molar-refractivity contribution in [1.29, 1.82) is 0 Å². The molecule has 1 aromatic carbocycles. The number of carbonyl (C=O) groups excluding carboxylic acids is 3. The Kier molecular flexibility index (Phi) is 11.4. The number of aromatic nitrogens is 4. The van der Waals surface area contributed by atoms with Gasteiger partial charge in [-0.3, -0.25) is 14.9 Å². The van der Waals surface area contributed by atoms with Gasteiger partial charge in [0.15, 0.2) is 17.0 Å². The van der Waals surface area contributed by atoms with Crippen LogP contribution in [0.25, 0.3) is 11.2 Å². The molecule has 0 unspecified atom stereocenters. The molecule has 12 heteroatoms. The molecule has 2 amide bonds. The molecule has 0 radical (unpaired) electrons. The average Bonchev–Trinajstić information content (AvgIpc) is 3.32. The molecule has 0 aliphatic carbocycles. The number of esters is 1. The maximum atomic E-state index is 13.3. The van der Waals surface area contributed by atoms with Crippen LogP contribution in [0.2, 0.25) is 0 Å². The molecular formula is C30H41N7O5. The summed E-state index contributed by atoms with van der Waals surface area (Å²) in [7, 11) is 0. The van der Waals surface area contributed by atoms with E-state index in [2.05, 4.69) is 32.2 Å². The van der Waals surface area contributed by atoms with Crippen molar-refractivity contribution >= 4 is 40.9 Å². The molecule has 0 aliphatic heterocycles. The zero-order valence-corrected chi connectivity index (χ0v) is 25.1. The molecule has 3 rings (SSSR count). The first kappa shape index (κ1) is 32.0. The molecule has 0 bridgehead atoms. The number of nitrogens with one attached hydrogen (secondary N) is 2. The predicted octanol–water partition coefficient (Wildman–Crippen LogP) is 4.92. The van der Waals surface area contributed by atoms with Crippen molar-refractivity contribution in [2.45, 2.75) is 72.6 Å². The highest BCUT2D eigenvalue weighted by Gasteiger charge is 2.23. The molecule has 0 saturated heterocycles. The van der Waals surface area contributed by atoms with E-state index in [1.807, 2.05) is 44.2 Å². The number of hydrogen-bond acceptors (Lipinski definition) is 9. The number of carbonyl (C=O) groups is 3. The molecule has 2 heterocycles. The monoisotopic (exact) mass is 579 g/mol. The maximum Gasteiger partial charge on any atom is 0.413 e. The van der Waals surface area contributed by atoms with Crippen LogP contribution in [0.4, 0.5) is 16.6 Å². The number of nitrogens with zero attached hydrogens (tertiary/aromatic N) is 5. The molecule has 0 saturated carbocycles. The van der Waals surface area contributed by atoms with E-state index in [0.29, 0.717) is 30.7 Å². The lowest BCUT2D eigenvalue weighted by molar-refractivity contribution is -0.159. The van der Waals surface area contributed by atoms with Gasteiger partial charge in [0.1, 0.15) is 25.3 Å². The van der Waals surface area contributed by atoms with Gasteiger partial charge in [-0.1, -0.05) is 42.8 Å². The fourth-order valence-electron chi connectivity index (χ4n) is 4.01. The number of imidazole rings is 1. The van der Waals surface area contributed by atoms with Crippen LogP contribution in [0.3, 0.4) is 0 Å². The Morgan fingerprint density at radius 2 is 1.86 bits per heavy atom. The van der Waals surface area contributed by atoms with Crippen LogP contribution in [0.1, 0.15) is 59.4 Å². The van der Waals surface area contributed by atoms with Crippen LogP contribution >= 0.6 is 0 Å². The van der Waals surface area contributed by atoms with Crippen molar-refractivity contribution in [3.8, 4) is 0 Å². The largest absolute Gasteiger partial charge is 0.459 e. The van der Waals surface area contributed by atoms with Gasteiger partial charge in [0, 0.05) is 13.1 Å². The number of amides is 2. The number of benzene rings is 1. The second-order valence-electron chi connectivity index (χ2n) is 11.0. The van der Waals surface area contributed by atoms with E-state index in [0.717, 1.165) is 24.0 Å². The van der Waals surface area contributed by atoms with Crippen LogP contribution in [0, 0.1) is 0 Å². The van der Waals surface area contributed by atoms with E-state index in [9.17, 15) is 14.4 Å². The Morgan fingerprint density at radius 1 is 1.12 bits per heavy atom. The normalized spacial score (nSPS) is 11.2. The number of fused-ring (bicyclic) bond motifs is 1. The third kappa shape index (κ3) is 10.2. The van der Waals surface area contributed by atoms with Crippen molar-refractivity contribution in [3.05, 3.63) is 54.4 Å². The van der Waals surface area contributed by atoms with Crippen molar-refractivity contribution in [2.24, 2.45) is 0 Å². The van der Waals surface area contributed by atoms with Gasteiger partial charge < -0.3 is 24.3 Å². The zero-order valence-electron chi connectivity index (χ0n) is 25.1. The van der Waals surface area contributed by atoms with E-state index in [1.54, 1.807) is 25.3 Å². The molecule has 2 N–H and O–H groups in total. The predicted molar refractivity (Wildman–Crippen MR) is 161 cm³/mol. The third-order valence-electron chi connectivity index (χ3n) is 5.85. The van der Waals surface area contributed by atoms with Gasteiger partial charge >= 0.3 is 12.1 Å². The lowest BCUT2D eigenvalue weighted by Gasteiger charge is -2.25. The van der Waals surface area contributed by atoms with Crippen LogP contribution in [0.5, 0.6) is 0 Å². The van der Waals surface area contributed by atoms with Crippen LogP contribution in [-0.2, 0) is 32.2 Å². The molecule has 0 aliphatic rings. The minimum atomic E-state index is -0.704. The van der Waals surface area contributed by atoms with Gasteiger partial charge in [-0.05, 0) is 52.5 Å². The van der Waals surface area contributed by atoms with E-state index >= 15 is 0 Å². The summed E-state index contributed by atoms with van der Waals surface area (Å²) in [5.41, 5.74) is 1.88. The highest BCUT2D eigenvalue weighted by molar-refractivity contribution is 5.94. The topological polar surface area (TPSA) is 141 Å². The Morgan fingerprint density at radius 3 is 2.52 bits per heavy atom. The SMILES string of the molecule is C=C(C)CCCNc1nc(NC(=O)OCc2ccccc2)c2ncn(CC(=O)N(CCC)CC(=O)OC(C)(C)C)c2n1. The maximum absolute atomic E-state index is 13.3. The number of ether oxygens (including phenoxy) is 2. The standard InChI is InChI=1S/C30H41N7O5/c1-7-16-36(18-24(39)42-30(4,5)6)23(38)17-37-20-32-25-26(34-29(40)41-19-22-13-9-8-10-14-22)33-28(35-27(25)37)31-15-11-12-21(2)3/h8-10,13-14,20H,2,7,11-12,15-19H2,1,3-6H3,(H2,31,33,34,35,40). The average molecular weight is 580 g/mol. The van der Waals surface area contributed by atoms with Gasteiger partial charge in [-0.25, -0.2) is 9.78 Å². The highest BCUT2D eigenvalue weighted by Crippen LogP contribution is 2.22. The Hall–Kier alpha value is -4.48. The number of anilines is 2. The number of allylic oxidation sites excluding steroid dienone is 1. The van der Waals surface area contributed by atoms with Gasteiger partial charge in [-0.2, -0.15) is 9.97 Å². The Balaban J connectivity index is 1.82. The van der Waals surface area contributed by atoms with E-state index in [1.165, 1.54) is 11.2 Å². The third-order valence-corrected chi connectivity index (χ3v) is 5.85. The fourth-order valence-corrected chi connectivity index (χ4v) is 4.01. The van der Waals surface area contributed by atoms with E-state index < -0.39 is 17.7 Å². The number of hydrogen-bond donors (Lipinski definition) is 2.